The van der Waals surface area contributed by atoms with E-state index in [-0.39, 0.29) is 17.9 Å². The van der Waals surface area contributed by atoms with Gasteiger partial charge in [-0.15, -0.1) is 0 Å². The highest BCUT2D eigenvalue weighted by molar-refractivity contribution is 7.90. The van der Waals surface area contributed by atoms with Crippen molar-refractivity contribution in [3.05, 3.63) is 58.1 Å². The third kappa shape index (κ3) is 6.61. The minimum Gasteiger partial charge on any atom is -0.487 e. The number of hydrogen-bond donors (Lipinski definition) is 2. The van der Waals surface area contributed by atoms with E-state index in [1.54, 1.807) is 25.1 Å². The van der Waals surface area contributed by atoms with Gasteiger partial charge in [-0.1, -0.05) is 37.9 Å². The molecule has 1 saturated carbocycles. The number of benzene rings is 2. The molecule has 1 aliphatic carbocycles. The number of nitrogens with one attached hydrogen (secondary N) is 1. The highest BCUT2D eigenvalue weighted by Crippen LogP contribution is 2.50. The summed E-state index contributed by atoms with van der Waals surface area (Å²) < 4.78 is 35.3. The van der Waals surface area contributed by atoms with Gasteiger partial charge in [0.05, 0.1) is 10.9 Å². The number of hydrogen-bond acceptors (Lipinski definition) is 6. The molecule has 0 aromatic heterocycles. The van der Waals surface area contributed by atoms with Gasteiger partial charge in [0.2, 0.25) is 10.0 Å². The Morgan fingerprint density at radius 2 is 1.88 bits per heavy atom. The Hall–Kier alpha value is -2.29. The molecule has 1 fully saturated rings. The van der Waals surface area contributed by atoms with Crippen LogP contribution in [-0.2, 0) is 23.1 Å². The second-order valence-electron chi connectivity index (χ2n) is 13.1. The van der Waals surface area contributed by atoms with Crippen molar-refractivity contribution in [3.8, 4) is 5.75 Å². The number of halogens is 1. The van der Waals surface area contributed by atoms with Gasteiger partial charge in [-0.2, -0.15) is 0 Å². The van der Waals surface area contributed by atoms with Crippen LogP contribution in [0.3, 0.4) is 0 Å². The van der Waals surface area contributed by atoms with Gasteiger partial charge < -0.3 is 14.7 Å². The predicted molar refractivity (Wildman–Crippen MR) is 168 cm³/mol. The zero-order valence-corrected chi connectivity index (χ0v) is 26.6. The number of sulfonamides is 1. The Morgan fingerprint density at radius 3 is 2.62 bits per heavy atom. The number of amides is 1. The summed E-state index contributed by atoms with van der Waals surface area (Å²) in [6, 6.07) is 11.2. The van der Waals surface area contributed by atoms with Crippen molar-refractivity contribution in [2.24, 2.45) is 23.2 Å². The summed E-state index contributed by atoms with van der Waals surface area (Å²) in [4.78, 5) is 15.7. The number of nitrogens with zero attached hydrogens (tertiary/aromatic N) is 1. The first-order valence-electron chi connectivity index (χ1n) is 15.5. The number of anilines is 1. The molecule has 230 valence electrons. The van der Waals surface area contributed by atoms with E-state index in [1.807, 2.05) is 25.1 Å². The molecule has 0 spiro atoms. The maximum Gasteiger partial charge on any atom is 0.264 e. The highest BCUT2D eigenvalue weighted by Gasteiger charge is 2.45. The zero-order chi connectivity index (χ0) is 30.1. The summed E-state index contributed by atoms with van der Waals surface area (Å²) >= 11 is 6.32. The lowest BCUT2D eigenvalue weighted by atomic mass is 9.58. The summed E-state index contributed by atoms with van der Waals surface area (Å²) in [7, 11) is -3.88. The molecule has 3 aliphatic rings. The molecule has 2 aliphatic heterocycles. The number of aliphatic hydroxyl groups excluding tert-OH is 1. The van der Waals surface area contributed by atoms with E-state index in [4.69, 9.17) is 16.3 Å². The van der Waals surface area contributed by atoms with Gasteiger partial charge in [-0.05, 0) is 116 Å². The average molecular weight is 617 g/mol. The summed E-state index contributed by atoms with van der Waals surface area (Å²) in [6.07, 6.45) is 7.41. The van der Waals surface area contributed by atoms with Gasteiger partial charge in [0.1, 0.15) is 12.4 Å². The lowest BCUT2D eigenvalue weighted by Crippen LogP contribution is -2.47. The van der Waals surface area contributed by atoms with E-state index in [9.17, 15) is 18.3 Å². The molecule has 0 radical (unpaired) electrons. The first-order chi connectivity index (χ1) is 20.0. The van der Waals surface area contributed by atoms with Crippen molar-refractivity contribution in [1.29, 1.82) is 0 Å². The van der Waals surface area contributed by atoms with E-state index in [1.165, 1.54) is 5.56 Å². The van der Waals surface area contributed by atoms with Crippen LogP contribution >= 0.6 is 11.6 Å². The molecule has 5 rings (SSSR count). The quantitative estimate of drug-likeness (QED) is 0.387. The Labute approximate surface area is 256 Å². The van der Waals surface area contributed by atoms with Crippen LogP contribution < -0.4 is 14.4 Å². The van der Waals surface area contributed by atoms with Crippen molar-refractivity contribution < 1.29 is 23.1 Å². The van der Waals surface area contributed by atoms with Crippen molar-refractivity contribution in [3.63, 3.8) is 0 Å². The van der Waals surface area contributed by atoms with Crippen LogP contribution in [0.5, 0.6) is 5.75 Å². The highest BCUT2D eigenvalue weighted by atomic mass is 35.5. The average Bonchev–Trinajstić information content (AvgIpc) is 2.97. The Kier molecular flexibility index (Phi) is 9.45. The lowest BCUT2D eigenvalue weighted by Gasteiger charge is -2.50. The minimum atomic E-state index is -3.88. The van der Waals surface area contributed by atoms with Crippen molar-refractivity contribution in [1.82, 2.24) is 4.72 Å². The number of rotatable bonds is 1. The molecule has 2 bridgehead atoms. The minimum absolute atomic E-state index is 0.122. The predicted octanol–water partition coefficient (Wildman–Crippen LogP) is 6.35. The van der Waals surface area contributed by atoms with Gasteiger partial charge in [-0.25, -0.2) is 13.1 Å². The third-order valence-electron chi connectivity index (χ3n) is 10.3. The number of ether oxygens (including phenoxy) is 1. The van der Waals surface area contributed by atoms with Crippen LogP contribution in [0.1, 0.15) is 87.2 Å². The first kappa shape index (κ1) is 31.1. The molecule has 2 aromatic carbocycles. The zero-order valence-electron chi connectivity index (χ0n) is 25.1. The van der Waals surface area contributed by atoms with E-state index in [0.29, 0.717) is 34.8 Å². The van der Waals surface area contributed by atoms with Gasteiger partial charge >= 0.3 is 0 Å². The van der Waals surface area contributed by atoms with Crippen LogP contribution in [-0.4, -0.2) is 44.4 Å². The summed E-state index contributed by atoms with van der Waals surface area (Å²) in [5.74, 6) is 0.719. The second kappa shape index (κ2) is 12.7. The fourth-order valence-corrected chi connectivity index (χ4v) is 8.60. The Balaban J connectivity index is 1.55. The molecule has 42 heavy (non-hydrogen) atoms. The Morgan fingerprint density at radius 1 is 1.07 bits per heavy atom. The molecule has 7 nitrogen and oxygen atoms in total. The summed E-state index contributed by atoms with van der Waals surface area (Å²) in [5.41, 5.74) is 3.16. The van der Waals surface area contributed by atoms with Gasteiger partial charge in [0.15, 0.2) is 0 Å². The maximum atomic E-state index is 13.4. The van der Waals surface area contributed by atoms with E-state index in [2.05, 4.69) is 16.5 Å². The standard InChI is InChI=1S/C33H45ClN2O5S/c1-22-7-6-15-33(3,21-37)29-13-10-26(29)19-36-16-5-4-8-24-17-28(34)12-9-27(24)20-41-31-14-11-25(18-30(31)36)32(38)35-42(39,40)23(22)2/h9,11-12,14,17-18,22-23,26,29,37H,4-8,10,13,15-16,19-21H2,1-3H3,(H,35,38)/t22-,23+,26-,29+,33-/m0/s1. The normalized spacial score (nSPS) is 30.4. The summed E-state index contributed by atoms with van der Waals surface area (Å²) in [6.45, 7) is 7.88. The van der Waals surface area contributed by atoms with Gasteiger partial charge in [0.25, 0.3) is 5.91 Å². The molecule has 2 N–H and O–H groups in total. The number of carbonyl (C=O) groups is 1. The number of fused-ring (bicyclic) bond motifs is 3. The van der Waals surface area contributed by atoms with E-state index < -0.39 is 21.2 Å². The van der Waals surface area contributed by atoms with E-state index >= 15 is 0 Å². The topological polar surface area (TPSA) is 95.9 Å². The molecule has 0 saturated heterocycles. The third-order valence-corrected chi connectivity index (χ3v) is 12.4. The smallest absolute Gasteiger partial charge is 0.264 e. The molecule has 9 heteroatoms. The molecular formula is C33H45ClN2O5S. The maximum absolute atomic E-state index is 13.4. The fraction of sp³-hybridized carbons (Fsp3) is 0.606. The molecule has 1 amide bonds. The fourth-order valence-electron chi connectivity index (χ4n) is 7.10. The van der Waals surface area contributed by atoms with Crippen molar-refractivity contribution >= 4 is 33.2 Å². The van der Waals surface area contributed by atoms with Crippen LogP contribution in [0.4, 0.5) is 5.69 Å². The van der Waals surface area contributed by atoms with E-state index in [0.717, 1.165) is 75.7 Å². The van der Waals surface area contributed by atoms with Crippen molar-refractivity contribution in [2.75, 3.05) is 24.6 Å². The van der Waals surface area contributed by atoms with Crippen LogP contribution in [0, 0.1) is 23.2 Å². The number of aliphatic hydroxyl groups is 1. The number of aryl methyl sites for hydroxylation is 1. The molecule has 5 atom stereocenters. The van der Waals surface area contributed by atoms with Crippen molar-refractivity contribution in [2.45, 2.75) is 84.0 Å². The SMILES string of the molecule is C[C@@H]1[C@@H](C)CCC[C@@](C)(CO)[C@@H]2CC[C@H]2CN2CCCCc3cc(Cl)ccc3COc3ccc(cc32)C(=O)NS1(=O)=O. The molecule has 2 aromatic rings. The monoisotopic (exact) mass is 616 g/mol. The lowest BCUT2D eigenvalue weighted by molar-refractivity contribution is -0.0185. The first-order valence-corrected chi connectivity index (χ1v) is 17.4. The molecule has 2 heterocycles. The molecular weight excluding hydrogens is 572 g/mol. The summed E-state index contributed by atoms with van der Waals surface area (Å²) in [5, 5.41) is 10.6. The molecule has 0 unspecified atom stereocenters. The largest absolute Gasteiger partial charge is 0.487 e. The Bertz CT molecular complexity index is 1400. The van der Waals surface area contributed by atoms with Gasteiger partial charge in [-0.3, -0.25) is 4.79 Å². The van der Waals surface area contributed by atoms with Crippen LogP contribution in [0.15, 0.2) is 36.4 Å². The van der Waals surface area contributed by atoms with Crippen LogP contribution in [0.25, 0.3) is 0 Å². The second-order valence-corrected chi connectivity index (χ2v) is 15.6. The number of carbonyl (C=O) groups excluding carboxylic acids is 1. The van der Waals surface area contributed by atoms with Gasteiger partial charge in [0, 0.05) is 30.3 Å². The van der Waals surface area contributed by atoms with Crippen LogP contribution in [0.2, 0.25) is 5.02 Å².